The number of carbonyl (C=O) groups is 4. The minimum Gasteiger partial charge on any atom is -0.481 e. The zero-order valence-electron chi connectivity index (χ0n) is 13.7. The lowest BCUT2D eigenvalue weighted by atomic mass is 9.82. The standard InChI is InChI=1S/C18H20N2O5/c21-15(19-9-11-5-7-12(8-6-11)18(24)25)10-20-16(22)13-3-1-2-4-14(13)17(20)23/h1-4,11-12H,5-10H2,(H,19,21)(H,24,25). The molecule has 0 spiro atoms. The first-order chi connectivity index (χ1) is 12.0. The number of fused-ring (bicyclic) bond motifs is 1. The highest BCUT2D eigenvalue weighted by molar-refractivity contribution is 6.22. The number of carboxylic acid groups (broad SMARTS) is 1. The molecule has 0 atom stereocenters. The number of hydrogen-bond acceptors (Lipinski definition) is 4. The van der Waals surface area contributed by atoms with E-state index in [0.717, 1.165) is 17.7 Å². The van der Waals surface area contributed by atoms with Crippen LogP contribution >= 0.6 is 0 Å². The molecular weight excluding hydrogens is 324 g/mol. The third-order valence-corrected chi connectivity index (χ3v) is 4.96. The molecule has 0 aromatic heterocycles. The van der Waals surface area contributed by atoms with Crippen LogP contribution in [0.3, 0.4) is 0 Å². The molecule has 7 heteroatoms. The van der Waals surface area contributed by atoms with Gasteiger partial charge < -0.3 is 10.4 Å². The molecule has 0 saturated heterocycles. The van der Waals surface area contributed by atoms with Gasteiger partial charge in [0.1, 0.15) is 6.54 Å². The van der Waals surface area contributed by atoms with Gasteiger partial charge in [0, 0.05) is 6.54 Å². The van der Waals surface area contributed by atoms with E-state index in [0.29, 0.717) is 30.5 Å². The van der Waals surface area contributed by atoms with Gasteiger partial charge in [0.25, 0.3) is 11.8 Å². The Kier molecular flexibility index (Phi) is 4.83. The maximum absolute atomic E-state index is 12.2. The highest BCUT2D eigenvalue weighted by Crippen LogP contribution is 2.28. The molecule has 132 valence electrons. The number of imide groups is 1. The lowest BCUT2D eigenvalue weighted by Crippen LogP contribution is -2.42. The SMILES string of the molecule is O=C(CN1C(=O)c2ccccc2C1=O)NCC1CCC(C(=O)O)CC1. The number of carboxylic acids is 1. The quantitative estimate of drug-likeness (QED) is 0.783. The molecule has 1 heterocycles. The molecule has 1 aromatic carbocycles. The van der Waals surface area contributed by atoms with Crippen molar-refractivity contribution >= 4 is 23.7 Å². The van der Waals surface area contributed by atoms with Gasteiger partial charge in [-0.25, -0.2) is 0 Å². The first-order valence-electron chi connectivity index (χ1n) is 8.42. The smallest absolute Gasteiger partial charge is 0.306 e. The summed E-state index contributed by atoms with van der Waals surface area (Å²) in [6.45, 7) is 0.144. The molecule has 0 radical (unpaired) electrons. The van der Waals surface area contributed by atoms with Gasteiger partial charge in [-0.1, -0.05) is 12.1 Å². The fraction of sp³-hybridized carbons (Fsp3) is 0.444. The van der Waals surface area contributed by atoms with Crippen molar-refractivity contribution in [3.05, 3.63) is 35.4 Å². The van der Waals surface area contributed by atoms with Crippen LogP contribution in [0.2, 0.25) is 0 Å². The number of rotatable bonds is 5. The van der Waals surface area contributed by atoms with Gasteiger partial charge in [0.05, 0.1) is 17.0 Å². The molecule has 1 saturated carbocycles. The van der Waals surface area contributed by atoms with E-state index in [-0.39, 0.29) is 24.3 Å². The summed E-state index contributed by atoms with van der Waals surface area (Å²) < 4.78 is 0. The Hall–Kier alpha value is -2.70. The summed E-state index contributed by atoms with van der Waals surface area (Å²) in [4.78, 5) is 48.4. The molecule has 2 aliphatic rings. The van der Waals surface area contributed by atoms with E-state index in [4.69, 9.17) is 5.11 Å². The molecule has 7 nitrogen and oxygen atoms in total. The van der Waals surface area contributed by atoms with Gasteiger partial charge in [-0.05, 0) is 43.7 Å². The Labute approximate surface area is 145 Å². The largest absolute Gasteiger partial charge is 0.481 e. The van der Waals surface area contributed by atoms with E-state index >= 15 is 0 Å². The molecule has 3 amide bonds. The number of hydrogen-bond donors (Lipinski definition) is 2. The second-order valence-corrected chi connectivity index (χ2v) is 6.60. The fourth-order valence-corrected chi connectivity index (χ4v) is 3.45. The van der Waals surface area contributed by atoms with Crippen molar-refractivity contribution in [3.8, 4) is 0 Å². The summed E-state index contributed by atoms with van der Waals surface area (Å²) in [7, 11) is 0. The van der Waals surface area contributed by atoms with Crippen LogP contribution in [0.15, 0.2) is 24.3 Å². The van der Waals surface area contributed by atoms with Gasteiger partial charge in [-0.3, -0.25) is 24.1 Å². The Morgan fingerprint density at radius 1 is 1.04 bits per heavy atom. The Morgan fingerprint density at radius 2 is 1.60 bits per heavy atom. The first-order valence-corrected chi connectivity index (χ1v) is 8.42. The second kappa shape index (κ2) is 7.04. The fourth-order valence-electron chi connectivity index (χ4n) is 3.45. The lowest BCUT2D eigenvalue weighted by molar-refractivity contribution is -0.143. The number of carbonyl (C=O) groups excluding carboxylic acids is 3. The lowest BCUT2D eigenvalue weighted by Gasteiger charge is -2.26. The molecule has 1 aliphatic carbocycles. The van der Waals surface area contributed by atoms with Crippen molar-refractivity contribution in [3.63, 3.8) is 0 Å². The van der Waals surface area contributed by atoms with Gasteiger partial charge in [-0.2, -0.15) is 0 Å². The van der Waals surface area contributed by atoms with Gasteiger partial charge in [-0.15, -0.1) is 0 Å². The summed E-state index contributed by atoms with van der Waals surface area (Å²) in [5.41, 5.74) is 0.652. The van der Waals surface area contributed by atoms with Crippen molar-refractivity contribution in [1.29, 1.82) is 0 Å². The van der Waals surface area contributed by atoms with Gasteiger partial charge >= 0.3 is 5.97 Å². The highest BCUT2D eigenvalue weighted by atomic mass is 16.4. The maximum Gasteiger partial charge on any atom is 0.306 e. The average Bonchev–Trinajstić information content (AvgIpc) is 2.86. The van der Waals surface area contributed by atoms with E-state index in [2.05, 4.69) is 5.32 Å². The maximum atomic E-state index is 12.2. The van der Waals surface area contributed by atoms with E-state index in [1.54, 1.807) is 24.3 Å². The third kappa shape index (κ3) is 3.55. The van der Waals surface area contributed by atoms with Crippen LogP contribution in [0.4, 0.5) is 0 Å². The second-order valence-electron chi connectivity index (χ2n) is 6.60. The predicted octanol–water partition coefficient (Wildman–Crippen LogP) is 1.29. The molecule has 0 unspecified atom stereocenters. The van der Waals surface area contributed by atoms with Crippen LogP contribution in [0, 0.1) is 11.8 Å². The summed E-state index contributed by atoms with van der Waals surface area (Å²) in [6, 6.07) is 6.52. The van der Waals surface area contributed by atoms with Gasteiger partial charge in [0.15, 0.2) is 0 Å². The molecule has 2 N–H and O–H groups in total. The predicted molar refractivity (Wildman–Crippen MR) is 87.9 cm³/mol. The number of nitrogens with one attached hydrogen (secondary N) is 1. The number of amides is 3. The minimum atomic E-state index is -0.756. The minimum absolute atomic E-state index is 0.238. The molecule has 3 rings (SSSR count). The summed E-state index contributed by atoms with van der Waals surface area (Å²) in [5, 5.41) is 11.7. The van der Waals surface area contributed by atoms with Crippen LogP contribution in [-0.2, 0) is 9.59 Å². The van der Waals surface area contributed by atoms with E-state index in [9.17, 15) is 19.2 Å². The Balaban J connectivity index is 1.49. The number of aliphatic carboxylic acids is 1. The first kappa shape index (κ1) is 17.1. The summed E-state index contributed by atoms with van der Waals surface area (Å²) in [5.74, 6) is -2.08. The topological polar surface area (TPSA) is 104 Å². The zero-order valence-corrected chi connectivity index (χ0v) is 13.7. The number of nitrogens with zero attached hydrogens (tertiary/aromatic N) is 1. The molecule has 1 aliphatic heterocycles. The zero-order chi connectivity index (χ0) is 18.0. The van der Waals surface area contributed by atoms with Crippen LogP contribution in [0.5, 0.6) is 0 Å². The Morgan fingerprint density at radius 3 is 2.12 bits per heavy atom. The third-order valence-electron chi connectivity index (χ3n) is 4.96. The van der Waals surface area contributed by atoms with Crippen molar-refractivity contribution < 1.29 is 24.3 Å². The van der Waals surface area contributed by atoms with Crippen LogP contribution < -0.4 is 5.32 Å². The summed E-state index contributed by atoms with van der Waals surface area (Å²) in [6.07, 6.45) is 2.75. The van der Waals surface area contributed by atoms with Crippen LogP contribution in [0.1, 0.15) is 46.4 Å². The molecule has 25 heavy (non-hydrogen) atoms. The number of benzene rings is 1. The monoisotopic (exact) mass is 344 g/mol. The molecule has 1 aromatic rings. The van der Waals surface area contributed by atoms with Gasteiger partial charge in [0.2, 0.25) is 5.91 Å². The normalized spacial score (nSPS) is 22.6. The molecule has 0 bridgehead atoms. The van der Waals surface area contributed by atoms with Crippen LogP contribution in [-0.4, -0.2) is 46.8 Å². The van der Waals surface area contributed by atoms with Crippen molar-refractivity contribution in [1.82, 2.24) is 10.2 Å². The summed E-state index contributed by atoms with van der Waals surface area (Å²) >= 11 is 0. The average molecular weight is 344 g/mol. The highest BCUT2D eigenvalue weighted by Gasteiger charge is 2.36. The van der Waals surface area contributed by atoms with Crippen molar-refractivity contribution in [2.45, 2.75) is 25.7 Å². The van der Waals surface area contributed by atoms with E-state index < -0.39 is 17.8 Å². The Bertz CT molecular complexity index is 687. The van der Waals surface area contributed by atoms with E-state index in [1.807, 2.05) is 0 Å². The van der Waals surface area contributed by atoms with Crippen LogP contribution in [0.25, 0.3) is 0 Å². The molecular formula is C18H20N2O5. The van der Waals surface area contributed by atoms with E-state index in [1.165, 1.54) is 0 Å². The molecule has 1 fully saturated rings. The van der Waals surface area contributed by atoms with Crippen molar-refractivity contribution in [2.24, 2.45) is 11.8 Å². The van der Waals surface area contributed by atoms with Crippen molar-refractivity contribution in [2.75, 3.05) is 13.1 Å².